The predicted molar refractivity (Wildman–Crippen MR) is 79.6 cm³/mol. The van der Waals surface area contributed by atoms with Crippen LogP contribution in [0.1, 0.15) is 30.5 Å². The number of rotatable bonds is 4. The number of carboxylic acid groups (broad SMARTS) is 1. The highest BCUT2D eigenvalue weighted by Crippen LogP contribution is 2.33. The number of aromatic carboxylic acids is 1. The van der Waals surface area contributed by atoms with Crippen molar-refractivity contribution in [1.29, 1.82) is 0 Å². The Labute approximate surface area is 123 Å². The van der Waals surface area contributed by atoms with Crippen molar-refractivity contribution < 1.29 is 19.4 Å². The maximum Gasteiger partial charge on any atom is 0.338 e. The summed E-state index contributed by atoms with van der Waals surface area (Å²) in [7, 11) is 1.53. The minimum absolute atomic E-state index is 0.157. The second kappa shape index (κ2) is 5.64. The third-order valence-corrected chi connectivity index (χ3v) is 4.89. The number of aryl methyl sites for hydroxylation is 1. The van der Waals surface area contributed by atoms with Gasteiger partial charge >= 0.3 is 5.97 Å². The quantitative estimate of drug-likeness (QED) is 0.907. The van der Waals surface area contributed by atoms with Crippen LogP contribution in [-0.2, 0) is 0 Å². The van der Waals surface area contributed by atoms with Gasteiger partial charge < -0.3 is 15.2 Å². The first kappa shape index (κ1) is 14.5. The highest BCUT2D eigenvalue weighted by atomic mass is 32.1. The van der Waals surface area contributed by atoms with E-state index in [-0.39, 0.29) is 11.5 Å². The average molecular weight is 311 g/mol. The van der Waals surface area contributed by atoms with Gasteiger partial charge in [0.1, 0.15) is 10.8 Å². The number of thiophene rings is 2. The summed E-state index contributed by atoms with van der Waals surface area (Å²) in [6.07, 6.45) is 0. The van der Waals surface area contributed by atoms with E-state index in [1.54, 1.807) is 18.4 Å². The first-order chi connectivity index (χ1) is 9.43. The van der Waals surface area contributed by atoms with E-state index in [0.29, 0.717) is 21.2 Å². The fourth-order valence-corrected chi connectivity index (χ4v) is 3.48. The molecule has 2 rings (SSSR count). The normalized spacial score (nSPS) is 10.3. The number of carboxylic acids is 1. The molecule has 0 aliphatic heterocycles. The molecule has 0 aliphatic rings. The Kier molecular flexibility index (Phi) is 4.10. The molecule has 5 nitrogen and oxygen atoms in total. The Morgan fingerprint density at radius 2 is 2.05 bits per heavy atom. The largest absolute Gasteiger partial charge is 0.496 e. The van der Waals surface area contributed by atoms with Gasteiger partial charge in [0.05, 0.1) is 17.6 Å². The van der Waals surface area contributed by atoms with Gasteiger partial charge in [-0.25, -0.2) is 4.79 Å². The van der Waals surface area contributed by atoms with Gasteiger partial charge in [0.2, 0.25) is 0 Å². The van der Waals surface area contributed by atoms with Crippen molar-refractivity contribution in [2.24, 2.45) is 0 Å². The van der Waals surface area contributed by atoms with E-state index in [2.05, 4.69) is 5.32 Å². The van der Waals surface area contributed by atoms with Crippen molar-refractivity contribution in [2.75, 3.05) is 12.4 Å². The number of amides is 1. The molecule has 20 heavy (non-hydrogen) atoms. The molecule has 0 bridgehead atoms. The van der Waals surface area contributed by atoms with E-state index in [1.807, 2.05) is 6.92 Å². The fourth-order valence-electron chi connectivity index (χ4n) is 1.68. The standard InChI is InChI=1S/C13H13NO4S2/c1-6-7(2)20-12(10(6)13(16)17)14-11(15)9-4-8(18-3)5-19-9/h4-5H,1-3H3,(H,14,15)(H,16,17). The van der Waals surface area contributed by atoms with E-state index in [9.17, 15) is 14.7 Å². The van der Waals surface area contributed by atoms with Crippen molar-refractivity contribution in [3.05, 3.63) is 32.3 Å². The molecule has 2 aromatic heterocycles. The van der Waals surface area contributed by atoms with Crippen LogP contribution in [0.2, 0.25) is 0 Å². The molecule has 0 fully saturated rings. The van der Waals surface area contributed by atoms with E-state index < -0.39 is 5.97 Å². The van der Waals surface area contributed by atoms with Gasteiger partial charge in [0, 0.05) is 16.3 Å². The number of nitrogens with one attached hydrogen (secondary N) is 1. The van der Waals surface area contributed by atoms with Crippen molar-refractivity contribution in [3.8, 4) is 5.75 Å². The molecule has 2 aromatic rings. The molecule has 0 aromatic carbocycles. The third kappa shape index (κ3) is 2.68. The van der Waals surface area contributed by atoms with Gasteiger partial charge in [-0.15, -0.1) is 22.7 Å². The van der Waals surface area contributed by atoms with Crippen LogP contribution in [0.3, 0.4) is 0 Å². The van der Waals surface area contributed by atoms with Gasteiger partial charge in [0.25, 0.3) is 5.91 Å². The van der Waals surface area contributed by atoms with E-state index >= 15 is 0 Å². The minimum Gasteiger partial charge on any atom is -0.496 e. The predicted octanol–water partition coefficient (Wildman–Crippen LogP) is 3.39. The molecule has 0 atom stereocenters. The summed E-state index contributed by atoms with van der Waals surface area (Å²) < 4.78 is 5.02. The molecule has 0 aliphatic carbocycles. The molecule has 1 amide bonds. The maximum absolute atomic E-state index is 12.1. The summed E-state index contributed by atoms with van der Waals surface area (Å²) in [4.78, 5) is 24.7. The minimum atomic E-state index is -1.04. The van der Waals surface area contributed by atoms with Crippen LogP contribution in [0.15, 0.2) is 11.4 Å². The monoisotopic (exact) mass is 311 g/mol. The first-order valence-electron chi connectivity index (χ1n) is 5.71. The fraction of sp³-hybridized carbons (Fsp3) is 0.231. The average Bonchev–Trinajstić information content (AvgIpc) is 2.95. The van der Waals surface area contributed by atoms with Gasteiger partial charge in [-0.2, -0.15) is 0 Å². The van der Waals surface area contributed by atoms with Crippen LogP contribution in [0.4, 0.5) is 5.00 Å². The van der Waals surface area contributed by atoms with Crippen LogP contribution < -0.4 is 10.1 Å². The summed E-state index contributed by atoms with van der Waals surface area (Å²) in [5.74, 6) is -0.759. The van der Waals surface area contributed by atoms with E-state index in [1.165, 1.54) is 29.8 Å². The number of ether oxygens (including phenoxy) is 1. The molecule has 0 spiro atoms. The SMILES string of the molecule is COc1csc(C(=O)Nc2sc(C)c(C)c2C(=O)O)c1. The number of anilines is 1. The molecular weight excluding hydrogens is 298 g/mol. The van der Waals surface area contributed by atoms with Gasteiger partial charge in [-0.1, -0.05) is 0 Å². The van der Waals surface area contributed by atoms with Gasteiger partial charge in [-0.05, 0) is 19.4 Å². The lowest BCUT2D eigenvalue weighted by atomic mass is 10.1. The third-order valence-electron chi connectivity index (χ3n) is 2.86. The molecule has 0 saturated heterocycles. The molecule has 0 radical (unpaired) electrons. The molecule has 106 valence electrons. The van der Waals surface area contributed by atoms with Crippen LogP contribution in [-0.4, -0.2) is 24.1 Å². The topological polar surface area (TPSA) is 75.6 Å². The zero-order valence-corrected chi connectivity index (χ0v) is 12.8. The Balaban J connectivity index is 2.28. The number of carbonyl (C=O) groups excluding carboxylic acids is 1. The lowest BCUT2D eigenvalue weighted by Crippen LogP contribution is -2.12. The molecular formula is C13H13NO4S2. The van der Waals surface area contributed by atoms with E-state index in [4.69, 9.17) is 4.74 Å². The molecule has 2 N–H and O–H groups in total. The number of hydrogen-bond acceptors (Lipinski definition) is 5. The van der Waals surface area contributed by atoms with Gasteiger partial charge in [-0.3, -0.25) is 4.79 Å². The van der Waals surface area contributed by atoms with Crippen molar-refractivity contribution in [1.82, 2.24) is 0 Å². The van der Waals surface area contributed by atoms with Gasteiger partial charge in [0.15, 0.2) is 0 Å². The van der Waals surface area contributed by atoms with Crippen LogP contribution >= 0.6 is 22.7 Å². The second-order valence-electron chi connectivity index (χ2n) is 4.10. The zero-order chi connectivity index (χ0) is 14.9. The Morgan fingerprint density at radius 3 is 2.60 bits per heavy atom. The van der Waals surface area contributed by atoms with Crippen molar-refractivity contribution >= 4 is 39.6 Å². The number of hydrogen-bond donors (Lipinski definition) is 2. The Bertz CT molecular complexity index is 672. The Hall–Kier alpha value is -1.86. The maximum atomic E-state index is 12.1. The summed E-state index contributed by atoms with van der Waals surface area (Å²) >= 11 is 2.51. The molecule has 0 unspecified atom stereocenters. The highest BCUT2D eigenvalue weighted by molar-refractivity contribution is 7.17. The lowest BCUT2D eigenvalue weighted by Gasteiger charge is -2.02. The van der Waals surface area contributed by atoms with Crippen LogP contribution in [0.25, 0.3) is 0 Å². The first-order valence-corrected chi connectivity index (χ1v) is 7.40. The van der Waals surface area contributed by atoms with Crippen LogP contribution in [0.5, 0.6) is 5.75 Å². The number of methoxy groups -OCH3 is 1. The molecule has 7 heteroatoms. The second-order valence-corrected chi connectivity index (χ2v) is 6.23. The summed E-state index contributed by atoms with van der Waals surface area (Å²) in [5, 5.41) is 14.0. The summed E-state index contributed by atoms with van der Waals surface area (Å²) in [6.45, 7) is 3.56. The Morgan fingerprint density at radius 1 is 1.35 bits per heavy atom. The molecule has 2 heterocycles. The smallest absolute Gasteiger partial charge is 0.338 e. The molecule has 0 saturated carbocycles. The number of carbonyl (C=O) groups is 2. The van der Waals surface area contributed by atoms with Crippen molar-refractivity contribution in [2.45, 2.75) is 13.8 Å². The lowest BCUT2D eigenvalue weighted by molar-refractivity contribution is 0.0697. The van der Waals surface area contributed by atoms with Crippen molar-refractivity contribution in [3.63, 3.8) is 0 Å². The highest BCUT2D eigenvalue weighted by Gasteiger charge is 2.21. The summed E-state index contributed by atoms with van der Waals surface area (Å²) in [6, 6.07) is 1.62. The zero-order valence-electron chi connectivity index (χ0n) is 11.1. The summed E-state index contributed by atoms with van der Waals surface area (Å²) in [5.41, 5.74) is 0.839. The van der Waals surface area contributed by atoms with E-state index in [0.717, 1.165) is 4.88 Å². The van der Waals surface area contributed by atoms with Crippen LogP contribution in [0, 0.1) is 13.8 Å².